The molecule has 0 amide bonds. The molecule has 0 radical (unpaired) electrons. The first kappa shape index (κ1) is 51.6. The minimum atomic E-state index is 0.626. The SMILES string of the molecule is c1ccc2c(-c3ccc(-c4cc(-c5ccc(-c6nccc7ccccc67)cc5)nc(-c5ccc(-c6ccc(-c7nc(-c8ccc(-c9nccc%10ccccc9%10)cc8)cc(-c8ccc(-c9nccc%10ccccc9%10)cc8)n7)cc6)cc5)n4)cc3)nccc2c1. The molecule has 0 unspecified atom stereocenters. The predicted molar refractivity (Wildman–Crippen MR) is 359 cm³/mol. The highest BCUT2D eigenvalue weighted by Crippen LogP contribution is 2.37. The molecule has 0 aliphatic heterocycles. The van der Waals surface area contributed by atoms with Crippen LogP contribution in [0.4, 0.5) is 0 Å². The molecule has 6 heterocycles. The predicted octanol–water partition coefficient (Wildman–Crippen LogP) is 19.8. The van der Waals surface area contributed by atoms with Gasteiger partial charge in [-0.15, -0.1) is 0 Å². The standard InChI is InChI=1S/C80H50N8/c1-5-13-67-53(9-1)41-45-81-75(67)61-29-21-57(22-30-61)71-49-72(58-23-31-62(32-24-58)76-68-14-6-2-10-54(68)42-46-82-76)86-79(85-71)65-37-17-51(18-38-65)52-19-39-66(40-20-52)80-87-73(59-25-33-63(34-26-59)77-69-15-7-3-11-55(69)43-47-83-77)50-74(88-80)60-27-35-64(36-28-60)78-70-16-8-4-12-56(70)44-48-84-78/h1-50H. The van der Waals surface area contributed by atoms with Crippen molar-refractivity contribution in [3.63, 3.8) is 0 Å². The molecule has 16 rings (SSSR count). The van der Waals surface area contributed by atoms with Crippen LogP contribution in [-0.4, -0.2) is 39.9 Å². The summed E-state index contributed by atoms with van der Waals surface area (Å²) in [7, 11) is 0. The highest BCUT2D eigenvalue weighted by molar-refractivity contribution is 5.98. The third kappa shape index (κ3) is 9.86. The molecular weight excluding hydrogens is 1070 g/mol. The van der Waals surface area contributed by atoms with Crippen LogP contribution in [0.2, 0.25) is 0 Å². The van der Waals surface area contributed by atoms with Crippen molar-refractivity contribution in [1.29, 1.82) is 0 Å². The molecule has 8 heteroatoms. The Balaban J connectivity index is 0.726. The first-order valence-corrected chi connectivity index (χ1v) is 29.3. The van der Waals surface area contributed by atoms with Gasteiger partial charge in [-0.25, -0.2) is 19.9 Å². The van der Waals surface area contributed by atoms with Crippen molar-refractivity contribution in [2.45, 2.75) is 0 Å². The first-order valence-electron chi connectivity index (χ1n) is 29.3. The van der Waals surface area contributed by atoms with E-state index in [1.807, 2.05) is 24.8 Å². The monoisotopic (exact) mass is 1120 g/mol. The second-order valence-corrected chi connectivity index (χ2v) is 21.9. The van der Waals surface area contributed by atoms with E-state index >= 15 is 0 Å². The van der Waals surface area contributed by atoms with Gasteiger partial charge in [-0.05, 0) is 69.1 Å². The summed E-state index contributed by atoms with van der Waals surface area (Å²) in [5.41, 5.74) is 19.0. The van der Waals surface area contributed by atoms with Gasteiger partial charge in [0.1, 0.15) is 0 Å². The van der Waals surface area contributed by atoms with Gasteiger partial charge >= 0.3 is 0 Å². The lowest BCUT2D eigenvalue weighted by Gasteiger charge is -2.12. The van der Waals surface area contributed by atoms with Gasteiger partial charge in [0.15, 0.2) is 11.6 Å². The fourth-order valence-electron chi connectivity index (χ4n) is 12.0. The number of pyridine rings is 4. The molecular formula is C80H50N8. The zero-order valence-electron chi connectivity index (χ0n) is 47.4. The van der Waals surface area contributed by atoms with Crippen LogP contribution in [-0.2, 0) is 0 Å². The lowest BCUT2D eigenvalue weighted by molar-refractivity contribution is 1.18. The topological polar surface area (TPSA) is 103 Å². The highest BCUT2D eigenvalue weighted by atomic mass is 14.9. The average Bonchev–Trinajstić information content (AvgIpc) is 3.81. The van der Waals surface area contributed by atoms with Crippen molar-refractivity contribution in [1.82, 2.24) is 39.9 Å². The van der Waals surface area contributed by atoms with E-state index in [1.165, 1.54) is 0 Å². The van der Waals surface area contributed by atoms with E-state index in [-0.39, 0.29) is 0 Å². The van der Waals surface area contributed by atoms with Crippen LogP contribution in [0.15, 0.2) is 304 Å². The Kier molecular flexibility index (Phi) is 13.0. The molecule has 6 aromatic heterocycles. The van der Waals surface area contributed by atoms with Crippen molar-refractivity contribution in [3.05, 3.63) is 304 Å². The Bertz CT molecular complexity index is 4640. The zero-order chi connectivity index (χ0) is 58.3. The van der Waals surface area contributed by atoms with Gasteiger partial charge in [-0.1, -0.05) is 243 Å². The molecule has 0 atom stereocenters. The summed E-state index contributed by atoms with van der Waals surface area (Å²) in [4.78, 5) is 40.2. The van der Waals surface area contributed by atoms with Crippen LogP contribution < -0.4 is 0 Å². The molecule has 0 spiro atoms. The van der Waals surface area contributed by atoms with E-state index in [0.29, 0.717) is 11.6 Å². The van der Waals surface area contributed by atoms with Crippen LogP contribution in [0, 0.1) is 0 Å². The van der Waals surface area contributed by atoms with E-state index in [9.17, 15) is 0 Å². The maximum atomic E-state index is 5.26. The van der Waals surface area contributed by atoms with Gasteiger partial charge in [0.25, 0.3) is 0 Å². The molecule has 410 valence electrons. The smallest absolute Gasteiger partial charge is 0.160 e. The summed E-state index contributed by atoms with van der Waals surface area (Å²) >= 11 is 0. The molecule has 10 aromatic carbocycles. The number of rotatable bonds is 11. The first-order chi connectivity index (χ1) is 43.6. The fourth-order valence-corrected chi connectivity index (χ4v) is 12.0. The molecule has 16 aromatic rings. The third-order valence-electron chi connectivity index (χ3n) is 16.6. The van der Waals surface area contributed by atoms with Gasteiger partial charge < -0.3 is 0 Å². The van der Waals surface area contributed by atoms with E-state index in [0.717, 1.165) is 155 Å². The summed E-state index contributed by atoms with van der Waals surface area (Å²) in [6.45, 7) is 0. The molecule has 0 saturated carbocycles. The second kappa shape index (κ2) is 22.2. The van der Waals surface area contributed by atoms with Gasteiger partial charge in [0.05, 0.1) is 45.6 Å². The molecule has 0 fully saturated rings. The molecule has 0 bridgehead atoms. The number of hydrogen-bond acceptors (Lipinski definition) is 8. The maximum Gasteiger partial charge on any atom is 0.160 e. The van der Waals surface area contributed by atoms with Crippen LogP contribution in [0.5, 0.6) is 0 Å². The number of benzene rings is 10. The molecule has 0 saturated heterocycles. The molecule has 88 heavy (non-hydrogen) atoms. The van der Waals surface area contributed by atoms with Crippen LogP contribution in [0.25, 0.3) is 167 Å². The summed E-state index contributed by atoms with van der Waals surface area (Å²) in [6, 6.07) is 96.9. The molecule has 0 aliphatic carbocycles. The fraction of sp³-hybridized carbons (Fsp3) is 0. The minimum Gasteiger partial charge on any atom is -0.256 e. The van der Waals surface area contributed by atoms with Crippen molar-refractivity contribution in [3.8, 4) is 124 Å². The van der Waals surface area contributed by atoms with Gasteiger partial charge in [-0.2, -0.15) is 0 Å². The van der Waals surface area contributed by atoms with Crippen molar-refractivity contribution in [2.24, 2.45) is 0 Å². The Morgan fingerprint density at radius 1 is 0.170 bits per heavy atom. The van der Waals surface area contributed by atoms with E-state index in [2.05, 4.69) is 279 Å². The van der Waals surface area contributed by atoms with E-state index < -0.39 is 0 Å². The molecule has 0 aliphatic rings. The third-order valence-corrected chi connectivity index (χ3v) is 16.6. The van der Waals surface area contributed by atoms with Gasteiger partial charge in [0.2, 0.25) is 0 Å². The second-order valence-electron chi connectivity index (χ2n) is 21.9. The molecule has 0 N–H and O–H groups in total. The van der Waals surface area contributed by atoms with Crippen LogP contribution in [0.3, 0.4) is 0 Å². The summed E-state index contributed by atoms with van der Waals surface area (Å²) < 4.78 is 0. The Morgan fingerprint density at radius 3 is 0.625 bits per heavy atom. The van der Waals surface area contributed by atoms with E-state index in [1.54, 1.807) is 0 Å². The van der Waals surface area contributed by atoms with Crippen LogP contribution in [0.1, 0.15) is 0 Å². The maximum absolute atomic E-state index is 5.26. The van der Waals surface area contributed by atoms with Crippen LogP contribution >= 0.6 is 0 Å². The normalized spacial score (nSPS) is 11.4. The number of hydrogen-bond donors (Lipinski definition) is 0. The quantitative estimate of drug-likeness (QED) is 0.126. The van der Waals surface area contributed by atoms with Gasteiger partial charge in [-0.3, -0.25) is 19.9 Å². The summed E-state index contributed by atoms with van der Waals surface area (Å²) in [5, 5.41) is 9.07. The van der Waals surface area contributed by atoms with Crippen molar-refractivity contribution < 1.29 is 0 Å². The zero-order valence-corrected chi connectivity index (χ0v) is 47.4. The van der Waals surface area contributed by atoms with Crippen molar-refractivity contribution >= 4 is 43.1 Å². The average molecular weight is 1120 g/mol. The molecule has 8 nitrogen and oxygen atoms in total. The largest absolute Gasteiger partial charge is 0.256 e. The van der Waals surface area contributed by atoms with Gasteiger partial charge in [0, 0.05) is 102 Å². The number of fused-ring (bicyclic) bond motifs is 4. The van der Waals surface area contributed by atoms with E-state index in [4.69, 9.17) is 39.9 Å². The van der Waals surface area contributed by atoms with Crippen molar-refractivity contribution in [2.75, 3.05) is 0 Å². The lowest BCUT2D eigenvalue weighted by Crippen LogP contribution is -1.97. The lowest BCUT2D eigenvalue weighted by atomic mass is 9.99. The Hall–Kier alpha value is -12.0. The summed E-state index contributed by atoms with van der Waals surface area (Å²) in [6.07, 6.45) is 7.50. The highest BCUT2D eigenvalue weighted by Gasteiger charge is 2.17. The minimum absolute atomic E-state index is 0.626. The Morgan fingerprint density at radius 2 is 0.375 bits per heavy atom. The Labute approximate surface area is 508 Å². The number of nitrogens with zero attached hydrogens (tertiary/aromatic N) is 8. The summed E-state index contributed by atoms with van der Waals surface area (Å²) in [5.74, 6) is 1.25. The number of aromatic nitrogens is 8.